The van der Waals surface area contributed by atoms with Crippen molar-refractivity contribution in [2.45, 2.75) is 26.3 Å². The molecule has 0 heterocycles. The number of nitrogens with one attached hydrogen (secondary N) is 1. The number of aliphatic carboxylic acids is 1. The summed E-state index contributed by atoms with van der Waals surface area (Å²) in [7, 11) is 1.61. The predicted molar refractivity (Wildman–Crippen MR) is 134 cm³/mol. The maximum absolute atomic E-state index is 12.7. The molecule has 1 amide bonds. The van der Waals surface area contributed by atoms with E-state index in [9.17, 15) is 19.5 Å². The predicted octanol–water partition coefficient (Wildman–Crippen LogP) is 5.41. The van der Waals surface area contributed by atoms with Crippen molar-refractivity contribution in [1.82, 2.24) is 5.32 Å². The van der Waals surface area contributed by atoms with E-state index in [0.29, 0.717) is 5.56 Å². The maximum Gasteiger partial charge on any atom is 0.335 e. The second kappa shape index (κ2) is 10.8. The highest BCUT2D eigenvalue weighted by Gasteiger charge is 2.25. The number of benzene rings is 3. The summed E-state index contributed by atoms with van der Waals surface area (Å²) < 4.78 is 5.53. The summed E-state index contributed by atoms with van der Waals surface area (Å²) in [6, 6.07) is 12.2. The molecule has 182 valence electrons. The molecule has 3 rings (SSSR count). The fraction of sp³-hybridized carbons (Fsp3) is 0.192. The first-order chi connectivity index (χ1) is 16.5. The number of aryl methyl sites for hydroxylation is 2. The van der Waals surface area contributed by atoms with E-state index in [0.717, 1.165) is 40.1 Å². The third kappa shape index (κ3) is 5.93. The molecule has 0 radical (unpaired) electrons. The molecular weight excluding hydrogens is 493 g/mol. The van der Waals surface area contributed by atoms with E-state index >= 15 is 0 Å². The molecule has 9 heteroatoms. The third-order valence-corrected chi connectivity index (χ3v) is 6.06. The standard InChI is InChI=1S/C26H23Cl2NO6/c1-13-8-14(2)22(21(9-13)35-3)16-6-4-15(5-7-16)10-20(26(33)34)29-24(30)23-18(27)11-17(25(31)32)12-19(23)28/h4-9,11-12,20H,10H2,1-3H3,(H,29,30)(H,31,32)(H,33,34)/t20-/m0/s1. The SMILES string of the molecule is COc1cc(C)cc(C)c1-c1ccc(C[C@H](NC(=O)c2c(Cl)cc(C(=O)O)cc2Cl)C(=O)O)cc1. The van der Waals surface area contributed by atoms with Crippen LogP contribution in [0.1, 0.15) is 37.4 Å². The fourth-order valence-electron chi connectivity index (χ4n) is 3.85. The number of ether oxygens (including phenoxy) is 1. The molecule has 0 aliphatic heterocycles. The number of carboxylic acids is 2. The molecular formula is C26H23Cl2NO6. The molecule has 0 saturated heterocycles. The number of hydrogen-bond acceptors (Lipinski definition) is 4. The van der Waals surface area contributed by atoms with Gasteiger partial charge in [-0.3, -0.25) is 4.79 Å². The lowest BCUT2D eigenvalue weighted by Gasteiger charge is -2.17. The van der Waals surface area contributed by atoms with Crippen LogP contribution in [0.4, 0.5) is 0 Å². The first kappa shape index (κ1) is 26.1. The minimum absolute atomic E-state index is 0.00775. The monoisotopic (exact) mass is 515 g/mol. The van der Waals surface area contributed by atoms with Gasteiger partial charge in [0.05, 0.1) is 28.3 Å². The van der Waals surface area contributed by atoms with Crippen molar-refractivity contribution < 1.29 is 29.3 Å². The van der Waals surface area contributed by atoms with Crippen molar-refractivity contribution in [2.75, 3.05) is 7.11 Å². The fourth-order valence-corrected chi connectivity index (χ4v) is 4.51. The van der Waals surface area contributed by atoms with Crippen LogP contribution in [-0.4, -0.2) is 41.2 Å². The summed E-state index contributed by atoms with van der Waals surface area (Å²) in [6.45, 7) is 3.98. The van der Waals surface area contributed by atoms with Gasteiger partial charge >= 0.3 is 11.9 Å². The van der Waals surface area contributed by atoms with Gasteiger partial charge in [-0.25, -0.2) is 9.59 Å². The Bertz CT molecular complexity index is 1280. The average Bonchev–Trinajstić information content (AvgIpc) is 2.78. The molecule has 0 aliphatic carbocycles. The Morgan fingerprint density at radius 1 is 0.971 bits per heavy atom. The van der Waals surface area contributed by atoms with E-state index in [2.05, 4.69) is 11.4 Å². The lowest BCUT2D eigenvalue weighted by Crippen LogP contribution is -2.42. The molecule has 0 spiro atoms. The van der Waals surface area contributed by atoms with Gasteiger partial charge in [-0.15, -0.1) is 0 Å². The topological polar surface area (TPSA) is 113 Å². The minimum atomic E-state index is -1.27. The molecule has 0 aromatic heterocycles. The van der Waals surface area contributed by atoms with Gasteiger partial charge in [0.1, 0.15) is 11.8 Å². The van der Waals surface area contributed by atoms with Crippen LogP contribution in [0.3, 0.4) is 0 Å². The van der Waals surface area contributed by atoms with E-state index < -0.39 is 23.9 Å². The van der Waals surface area contributed by atoms with Crippen LogP contribution in [0.15, 0.2) is 48.5 Å². The number of aromatic carboxylic acids is 1. The molecule has 0 saturated carbocycles. The van der Waals surface area contributed by atoms with Crippen molar-refractivity contribution >= 4 is 41.0 Å². The summed E-state index contributed by atoms with van der Waals surface area (Å²) in [6.07, 6.45) is 0.00775. The summed E-state index contributed by atoms with van der Waals surface area (Å²) in [4.78, 5) is 35.7. The number of carbonyl (C=O) groups excluding carboxylic acids is 1. The molecule has 3 aromatic carbocycles. The molecule has 0 bridgehead atoms. The highest BCUT2D eigenvalue weighted by molar-refractivity contribution is 6.40. The zero-order chi connectivity index (χ0) is 25.9. The highest BCUT2D eigenvalue weighted by Crippen LogP contribution is 2.34. The van der Waals surface area contributed by atoms with Crippen molar-refractivity contribution in [3.05, 3.63) is 86.4 Å². The van der Waals surface area contributed by atoms with Crippen molar-refractivity contribution in [2.24, 2.45) is 0 Å². The van der Waals surface area contributed by atoms with Crippen molar-refractivity contribution in [1.29, 1.82) is 0 Å². The third-order valence-electron chi connectivity index (χ3n) is 5.47. The van der Waals surface area contributed by atoms with Gasteiger partial charge in [-0.1, -0.05) is 53.5 Å². The summed E-state index contributed by atoms with van der Waals surface area (Å²) in [5.41, 5.74) is 4.29. The zero-order valence-corrected chi connectivity index (χ0v) is 20.7. The number of halogens is 2. The minimum Gasteiger partial charge on any atom is -0.496 e. The molecule has 35 heavy (non-hydrogen) atoms. The molecule has 0 unspecified atom stereocenters. The van der Waals surface area contributed by atoms with Gasteiger partial charge in [0.2, 0.25) is 0 Å². The van der Waals surface area contributed by atoms with E-state index in [4.69, 9.17) is 33.0 Å². The Labute approximate surface area is 212 Å². The van der Waals surface area contributed by atoms with E-state index in [-0.39, 0.29) is 27.6 Å². The molecule has 1 atom stereocenters. The van der Waals surface area contributed by atoms with Crippen LogP contribution in [-0.2, 0) is 11.2 Å². The first-order valence-corrected chi connectivity index (χ1v) is 11.3. The van der Waals surface area contributed by atoms with Crippen LogP contribution in [0.5, 0.6) is 5.75 Å². The van der Waals surface area contributed by atoms with Crippen LogP contribution < -0.4 is 10.1 Å². The molecule has 3 aromatic rings. The van der Waals surface area contributed by atoms with Crippen LogP contribution in [0.25, 0.3) is 11.1 Å². The Morgan fingerprint density at radius 3 is 2.09 bits per heavy atom. The van der Waals surface area contributed by atoms with Crippen molar-refractivity contribution in [3.8, 4) is 16.9 Å². The van der Waals surface area contributed by atoms with E-state index in [1.54, 1.807) is 19.2 Å². The molecule has 0 aliphatic rings. The quantitative estimate of drug-likeness (QED) is 0.369. The number of rotatable bonds is 8. The van der Waals surface area contributed by atoms with E-state index in [1.165, 1.54) is 0 Å². The number of carboxylic acid groups (broad SMARTS) is 2. The van der Waals surface area contributed by atoms with Gasteiger partial charge < -0.3 is 20.3 Å². The van der Waals surface area contributed by atoms with Crippen molar-refractivity contribution in [3.63, 3.8) is 0 Å². The Morgan fingerprint density at radius 2 is 1.57 bits per heavy atom. The van der Waals surface area contributed by atoms with E-state index in [1.807, 2.05) is 32.0 Å². The average molecular weight is 516 g/mol. The van der Waals surface area contributed by atoms with Gasteiger partial charge in [-0.05, 0) is 54.3 Å². The summed E-state index contributed by atoms with van der Waals surface area (Å²) >= 11 is 12.1. The number of methoxy groups -OCH3 is 1. The highest BCUT2D eigenvalue weighted by atomic mass is 35.5. The molecule has 0 fully saturated rings. The van der Waals surface area contributed by atoms with Gasteiger partial charge in [0.25, 0.3) is 5.91 Å². The van der Waals surface area contributed by atoms with Gasteiger partial charge in [0, 0.05) is 12.0 Å². The Hall–Kier alpha value is -3.55. The van der Waals surface area contributed by atoms with Gasteiger partial charge in [-0.2, -0.15) is 0 Å². The Balaban J connectivity index is 1.82. The zero-order valence-electron chi connectivity index (χ0n) is 19.2. The number of hydrogen-bond donors (Lipinski definition) is 3. The van der Waals surface area contributed by atoms with Crippen LogP contribution in [0.2, 0.25) is 10.0 Å². The van der Waals surface area contributed by atoms with Crippen LogP contribution in [0, 0.1) is 13.8 Å². The second-order valence-electron chi connectivity index (χ2n) is 8.04. The number of amides is 1. The van der Waals surface area contributed by atoms with Gasteiger partial charge in [0.15, 0.2) is 0 Å². The first-order valence-electron chi connectivity index (χ1n) is 10.5. The van der Waals surface area contributed by atoms with Crippen LogP contribution >= 0.6 is 23.2 Å². The second-order valence-corrected chi connectivity index (χ2v) is 8.86. The molecule has 7 nitrogen and oxygen atoms in total. The number of carbonyl (C=O) groups is 3. The smallest absolute Gasteiger partial charge is 0.335 e. The normalized spacial score (nSPS) is 11.6. The lowest BCUT2D eigenvalue weighted by atomic mass is 9.95. The lowest BCUT2D eigenvalue weighted by molar-refractivity contribution is -0.139. The Kier molecular flexibility index (Phi) is 8.04. The maximum atomic E-state index is 12.7. The largest absolute Gasteiger partial charge is 0.496 e. The molecule has 3 N–H and O–H groups in total. The summed E-state index contributed by atoms with van der Waals surface area (Å²) in [5.74, 6) is -2.58. The summed E-state index contributed by atoms with van der Waals surface area (Å²) in [5, 5.41) is 20.8.